The fourth-order valence-corrected chi connectivity index (χ4v) is 1.75. The zero-order chi connectivity index (χ0) is 11.0. The van der Waals surface area contributed by atoms with Gasteiger partial charge in [-0.15, -0.1) is 0 Å². The molecule has 0 unspecified atom stereocenters. The lowest BCUT2D eigenvalue weighted by atomic mass is 10.1. The maximum atomic E-state index is 13.3. The van der Waals surface area contributed by atoms with Crippen molar-refractivity contribution < 1.29 is 9.50 Å². The number of para-hydroxylation sites is 1. The van der Waals surface area contributed by atoms with E-state index in [9.17, 15) is 9.50 Å². The van der Waals surface area contributed by atoms with E-state index in [2.05, 4.69) is 4.98 Å². The van der Waals surface area contributed by atoms with Gasteiger partial charge in [-0.2, -0.15) is 0 Å². The molecule has 0 saturated heterocycles. The minimum atomic E-state index is -0.710. The average Bonchev–Trinajstić information content (AvgIpc) is 2.18. The van der Waals surface area contributed by atoms with E-state index in [4.69, 9.17) is 11.6 Å². The third-order valence-electron chi connectivity index (χ3n) is 2.23. The molecule has 2 aromatic rings. The molecule has 0 saturated carbocycles. The molecule has 2 nitrogen and oxygen atoms in total. The molecule has 0 aliphatic heterocycles. The van der Waals surface area contributed by atoms with Crippen LogP contribution in [-0.2, 0) is 0 Å². The highest BCUT2D eigenvalue weighted by Gasteiger charge is 2.11. The number of aromatic nitrogens is 1. The Morgan fingerprint density at radius 3 is 2.87 bits per heavy atom. The molecule has 1 aromatic heterocycles. The molecular weight excluding hydrogens is 217 g/mol. The predicted molar refractivity (Wildman–Crippen MR) is 57.3 cm³/mol. The molecule has 1 heterocycles. The Hall–Kier alpha value is -1.19. The number of aliphatic hydroxyl groups is 1. The van der Waals surface area contributed by atoms with Gasteiger partial charge in [-0.1, -0.05) is 23.7 Å². The zero-order valence-electron chi connectivity index (χ0n) is 8.04. The maximum Gasteiger partial charge on any atom is 0.149 e. The average molecular weight is 226 g/mol. The second-order valence-corrected chi connectivity index (χ2v) is 3.71. The fraction of sp³-hybridized carbons (Fsp3) is 0.182. The van der Waals surface area contributed by atoms with Crippen LogP contribution < -0.4 is 0 Å². The van der Waals surface area contributed by atoms with Crippen LogP contribution in [0.1, 0.15) is 18.6 Å². The van der Waals surface area contributed by atoms with Crippen LogP contribution in [-0.4, -0.2) is 10.1 Å². The van der Waals surface area contributed by atoms with Gasteiger partial charge in [0, 0.05) is 10.9 Å². The summed E-state index contributed by atoms with van der Waals surface area (Å²) < 4.78 is 13.3. The van der Waals surface area contributed by atoms with Gasteiger partial charge in [-0.3, -0.25) is 0 Å². The van der Waals surface area contributed by atoms with E-state index in [1.54, 1.807) is 25.1 Å². The van der Waals surface area contributed by atoms with E-state index in [0.29, 0.717) is 10.9 Å². The number of rotatable bonds is 1. The van der Waals surface area contributed by atoms with Gasteiger partial charge < -0.3 is 5.11 Å². The molecule has 1 atom stereocenters. The molecule has 2 rings (SSSR count). The first kappa shape index (κ1) is 10.3. The van der Waals surface area contributed by atoms with Crippen LogP contribution in [0.5, 0.6) is 0 Å². The van der Waals surface area contributed by atoms with Crippen molar-refractivity contribution in [3.63, 3.8) is 0 Å². The number of aliphatic hydroxyl groups excluding tert-OH is 1. The van der Waals surface area contributed by atoms with E-state index < -0.39 is 11.9 Å². The molecule has 4 heteroatoms. The Kier molecular flexibility index (Phi) is 2.59. The van der Waals surface area contributed by atoms with Crippen LogP contribution in [0, 0.1) is 5.82 Å². The van der Waals surface area contributed by atoms with E-state index >= 15 is 0 Å². The summed E-state index contributed by atoms with van der Waals surface area (Å²) in [6.07, 6.45) is -0.710. The number of hydrogen-bond acceptors (Lipinski definition) is 2. The Morgan fingerprint density at radius 2 is 2.20 bits per heavy atom. The van der Waals surface area contributed by atoms with Crippen molar-refractivity contribution in [1.29, 1.82) is 0 Å². The first-order valence-corrected chi connectivity index (χ1v) is 4.90. The lowest BCUT2D eigenvalue weighted by Crippen LogP contribution is -1.96. The van der Waals surface area contributed by atoms with Gasteiger partial charge in [0.2, 0.25) is 0 Å². The smallest absolute Gasteiger partial charge is 0.149 e. The van der Waals surface area contributed by atoms with Crippen LogP contribution in [0.15, 0.2) is 24.3 Å². The molecule has 0 spiro atoms. The molecule has 15 heavy (non-hydrogen) atoms. The minimum Gasteiger partial charge on any atom is -0.389 e. The molecule has 0 bridgehead atoms. The summed E-state index contributed by atoms with van der Waals surface area (Å²) in [6.45, 7) is 1.59. The number of halogens is 2. The maximum absolute atomic E-state index is 13.3. The SMILES string of the molecule is C[C@H](O)c1cc2cccc(F)c2nc1Cl. The van der Waals surface area contributed by atoms with Crippen LogP contribution in [0.25, 0.3) is 10.9 Å². The van der Waals surface area contributed by atoms with Gasteiger partial charge >= 0.3 is 0 Å². The van der Waals surface area contributed by atoms with Crippen LogP contribution >= 0.6 is 11.6 Å². The fourth-order valence-electron chi connectivity index (χ4n) is 1.45. The van der Waals surface area contributed by atoms with E-state index in [0.717, 1.165) is 0 Å². The number of hydrogen-bond donors (Lipinski definition) is 1. The normalized spacial score (nSPS) is 13.1. The summed E-state index contributed by atoms with van der Waals surface area (Å²) in [7, 11) is 0. The van der Waals surface area contributed by atoms with Gasteiger partial charge in [0.05, 0.1) is 6.10 Å². The standard InChI is InChI=1S/C11H9ClFNO/c1-6(15)8-5-7-3-2-4-9(13)10(7)14-11(8)12/h2-6,15H,1H3/t6-/m0/s1. The van der Waals surface area contributed by atoms with Crippen molar-refractivity contribution in [2.75, 3.05) is 0 Å². The molecular formula is C11H9ClFNO. The van der Waals surface area contributed by atoms with Crippen molar-refractivity contribution in [2.45, 2.75) is 13.0 Å². The number of fused-ring (bicyclic) bond motifs is 1. The van der Waals surface area contributed by atoms with Crippen molar-refractivity contribution >= 4 is 22.5 Å². The number of nitrogens with zero attached hydrogens (tertiary/aromatic N) is 1. The highest BCUT2D eigenvalue weighted by Crippen LogP contribution is 2.26. The largest absolute Gasteiger partial charge is 0.389 e. The molecule has 1 aromatic carbocycles. The van der Waals surface area contributed by atoms with Crippen molar-refractivity contribution in [2.24, 2.45) is 0 Å². The Labute approximate surface area is 91.3 Å². The lowest BCUT2D eigenvalue weighted by Gasteiger charge is -2.08. The van der Waals surface area contributed by atoms with Crippen molar-refractivity contribution in [3.05, 3.63) is 40.8 Å². The summed E-state index contributed by atoms with van der Waals surface area (Å²) in [6, 6.07) is 6.30. The minimum absolute atomic E-state index is 0.141. The number of pyridine rings is 1. The highest BCUT2D eigenvalue weighted by molar-refractivity contribution is 6.30. The third kappa shape index (κ3) is 1.80. The molecule has 78 valence electrons. The molecule has 0 amide bonds. The van der Waals surface area contributed by atoms with Crippen LogP contribution in [0.3, 0.4) is 0 Å². The summed E-state index contributed by atoms with van der Waals surface area (Å²) in [5.41, 5.74) is 0.738. The highest BCUT2D eigenvalue weighted by atomic mass is 35.5. The molecule has 0 aliphatic carbocycles. The molecule has 0 radical (unpaired) electrons. The summed E-state index contributed by atoms with van der Waals surface area (Å²) >= 11 is 5.83. The topological polar surface area (TPSA) is 33.1 Å². The third-order valence-corrected chi connectivity index (χ3v) is 2.53. The molecule has 1 N–H and O–H groups in total. The quantitative estimate of drug-likeness (QED) is 0.757. The Bertz CT molecular complexity index is 513. The Morgan fingerprint density at radius 1 is 1.47 bits per heavy atom. The number of benzene rings is 1. The van der Waals surface area contributed by atoms with E-state index in [-0.39, 0.29) is 10.7 Å². The lowest BCUT2D eigenvalue weighted by molar-refractivity contribution is 0.199. The first-order chi connectivity index (χ1) is 7.09. The summed E-state index contributed by atoms with van der Waals surface area (Å²) in [5, 5.41) is 10.2. The van der Waals surface area contributed by atoms with Gasteiger partial charge in [0.15, 0.2) is 0 Å². The summed E-state index contributed by atoms with van der Waals surface area (Å²) in [5.74, 6) is -0.411. The van der Waals surface area contributed by atoms with E-state index in [1.165, 1.54) is 6.07 Å². The summed E-state index contributed by atoms with van der Waals surface area (Å²) in [4.78, 5) is 3.93. The monoisotopic (exact) mass is 225 g/mol. The first-order valence-electron chi connectivity index (χ1n) is 4.52. The Balaban J connectivity index is 2.76. The predicted octanol–water partition coefficient (Wildman–Crippen LogP) is 3.08. The molecule has 0 aliphatic rings. The second kappa shape index (κ2) is 3.76. The van der Waals surface area contributed by atoms with Gasteiger partial charge in [0.25, 0.3) is 0 Å². The van der Waals surface area contributed by atoms with Gasteiger partial charge in [-0.05, 0) is 19.1 Å². The van der Waals surface area contributed by atoms with Gasteiger partial charge in [0.1, 0.15) is 16.5 Å². The van der Waals surface area contributed by atoms with Crippen molar-refractivity contribution in [1.82, 2.24) is 4.98 Å². The van der Waals surface area contributed by atoms with Crippen LogP contribution in [0.2, 0.25) is 5.15 Å². The van der Waals surface area contributed by atoms with Gasteiger partial charge in [-0.25, -0.2) is 9.37 Å². The van der Waals surface area contributed by atoms with Crippen molar-refractivity contribution in [3.8, 4) is 0 Å². The van der Waals surface area contributed by atoms with Crippen LogP contribution in [0.4, 0.5) is 4.39 Å². The zero-order valence-corrected chi connectivity index (χ0v) is 8.79. The second-order valence-electron chi connectivity index (χ2n) is 3.36. The molecule has 0 fully saturated rings. The van der Waals surface area contributed by atoms with E-state index in [1.807, 2.05) is 0 Å².